The first kappa shape index (κ1) is 22.9. The Morgan fingerprint density at radius 3 is 2.38 bits per heavy atom. The molecule has 0 fully saturated rings. The van der Waals surface area contributed by atoms with Gasteiger partial charge in [0.2, 0.25) is 0 Å². The van der Waals surface area contributed by atoms with Gasteiger partial charge in [0.05, 0.1) is 27.8 Å². The van der Waals surface area contributed by atoms with Gasteiger partial charge in [-0.15, -0.1) is 11.3 Å². The van der Waals surface area contributed by atoms with E-state index in [-0.39, 0.29) is 0 Å². The van der Waals surface area contributed by atoms with Crippen molar-refractivity contribution in [3.63, 3.8) is 0 Å². The molecule has 0 saturated carbocycles. The molecular formula is C35H24N4S. The third-order valence-electron chi connectivity index (χ3n) is 7.68. The van der Waals surface area contributed by atoms with Crippen LogP contribution in [-0.4, -0.2) is 19.1 Å². The SMILES string of the molecule is Cn1c(-c2ccc3c4cc(-c5cccs5)ccc4n(-c4cccc(-c5ccccn5)c4)c3c2)nc2ccccc21. The van der Waals surface area contributed by atoms with Gasteiger partial charge in [-0.2, -0.15) is 0 Å². The van der Waals surface area contributed by atoms with Crippen molar-refractivity contribution in [1.29, 1.82) is 0 Å². The molecule has 0 aliphatic carbocycles. The van der Waals surface area contributed by atoms with Gasteiger partial charge in [-0.05, 0) is 71.6 Å². The quantitative estimate of drug-likeness (QED) is 0.227. The van der Waals surface area contributed by atoms with Crippen molar-refractivity contribution in [2.45, 2.75) is 0 Å². The topological polar surface area (TPSA) is 35.6 Å². The second-order valence-corrected chi connectivity index (χ2v) is 11.0. The van der Waals surface area contributed by atoms with Crippen molar-refractivity contribution in [1.82, 2.24) is 19.1 Å². The number of hydrogen-bond donors (Lipinski definition) is 0. The first-order valence-corrected chi connectivity index (χ1v) is 14.2. The molecule has 0 aliphatic heterocycles. The molecule has 0 N–H and O–H groups in total. The van der Waals surface area contributed by atoms with E-state index in [0.717, 1.165) is 44.9 Å². The minimum absolute atomic E-state index is 0.960. The zero-order valence-electron chi connectivity index (χ0n) is 21.8. The molecule has 40 heavy (non-hydrogen) atoms. The fourth-order valence-corrected chi connectivity index (χ4v) is 6.50. The number of thiophene rings is 1. The van der Waals surface area contributed by atoms with Gasteiger partial charge in [0.1, 0.15) is 5.82 Å². The predicted octanol–water partition coefficient (Wildman–Crippen LogP) is 9.13. The summed E-state index contributed by atoms with van der Waals surface area (Å²) < 4.78 is 4.56. The monoisotopic (exact) mass is 532 g/mol. The van der Waals surface area contributed by atoms with Gasteiger partial charge in [-0.25, -0.2) is 4.98 Å². The highest BCUT2D eigenvalue weighted by Crippen LogP contribution is 2.38. The summed E-state index contributed by atoms with van der Waals surface area (Å²) in [4.78, 5) is 10.9. The predicted molar refractivity (Wildman–Crippen MR) is 167 cm³/mol. The fourth-order valence-electron chi connectivity index (χ4n) is 5.78. The van der Waals surface area contributed by atoms with Gasteiger partial charge in [0, 0.05) is 45.7 Å². The Labute approximate surface area is 235 Å². The van der Waals surface area contributed by atoms with E-state index < -0.39 is 0 Å². The minimum Gasteiger partial charge on any atom is -0.327 e. The van der Waals surface area contributed by atoms with Crippen LogP contribution in [-0.2, 0) is 7.05 Å². The molecule has 8 rings (SSSR count). The van der Waals surface area contributed by atoms with Crippen LogP contribution in [0.25, 0.3) is 71.6 Å². The van der Waals surface area contributed by atoms with E-state index in [1.54, 1.807) is 11.3 Å². The average Bonchev–Trinajstić information content (AvgIpc) is 3.74. The molecule has 0 atom stereocenters. The van der Waals surface area contributed by atoms with Crippen LogP contribution in [0.5, 0.6) is 0 Å². The van der Waals surface area contributed by atoms with Crippen molar-refractivity contribution in [3.8, 4) is 38.8 Å². The van der Waals surface area contributed by atoms with E-state index in [4.69, 9.17) is 4.98 Å². The van der Waals surface area contributed by atoms with E-state index in [1.807, 2.05) is 24.4 Å². The first-order valence-electron chi connectivity index (χ1n) is 13.3. The normalized spacial score (nSPS) is 11.6. The smallest absolute Gasteiger partial charge is 0.140 e. The summed E-state index contributed by atoms with van der Waals surface area (Å²) in [5.74, 6) is 0.960. The summed E-state index contributed by atoms with van der Waals surface area (Å²) in [5, 5.41) is 4.59. The van der Waals surface area contributed by atoms with Crippen molar-refractivity contribution < 1.29 is 0 Å². The van der Waals surface area contributed by atoms with Crippen molar-refractivity contribution in [3.05, 3.63) is 127 Å². The Kier molecular flexibility index (Phi) is 5.18. The summed E-state index contributed by atoms with van der Waals surface area (Å²) >= 11 is 1.77. The summed E-state index contributed by atoms with van der Waals surface area (Å²) in [7, 11) is 2.09. The molecule has 0 radical (unpaired) electrons. The van der Waals surface area contributed by atoms with E-state index in [0.29, 0.717) is 0 Å². The number of aromatic nitrogens is 4. The molecular weight excluding hydrogens is 508 g/mol. The third kappa shape index (κ3) is 3.59. The van der Waals surface area contributed by atoms with Crippen LogP contribution in [0.2, 0.25) is 0 Å². The largest absolute Gasteiger partial charge is 0.327 e. The maximum Gasteiger partial charge on any atom is 0.140 e. The van der Waals surface area contributed by atoms with Gasteiger partial charge in [-0.1, -0.05) is 54.6 Å². The fraction of sp³-hybridized carbons (Fsp3) is 0.0286. The van der Waals surface area contributed by atoms with Crippen molar-refractivity contribution >= 4 is 44.2 Å². The lowest BCUT2D eigenvalue weighted by Crippen LogP contribution is -1.96. The molecule has 8 aromatic rings. The Morgan fingerprint density at radius 2 is 1.52 bits per heavy atom. The van der Waals surface area contributed by atoms with Crippen LogP contribution in [0.15, 0.2) is 127 Å². The zero-order valence-corrected chi connectivity index (χ0v) is 22.6. The average molecular weight is 533 g/mol. The van der Waals surface area contributed by atoms with Crippen LogP contribution in [0.3, 0.4) is 0 Å². The highest BCUT2D eigenvalue weighted by molar-refractivity contribution is 7.13. The molecule has 0 unspecified atom stereocenters. The lowest BCUT2D eigenvalue weighted by Gasteiger charge is -2.11. The van der Waals surface area contributed by atoms with Crippen LogP contribution in [0.1, 0.15) is 0 Å². The molecule has 4 aromatic carbocycles. The molecule has 4 nitrogen and oxygen atoms in total. The van der Waals surface area contributed by atoms with E-state index >= 15 is 0 Å². The Balaban J connectivity index is 1.40. The second kappa shape index (κ2) is 9.04. The molecule has 0 aliphatic rings. The zero-order chi connectivity index (χ0) is 26.6. The Hall–Kier alpha value is -5.00. The maximum atomic E-state index is 4.99. The standard InChI is InChI=1S/C35H24N4S/c1-38-32-12-3-2-11-30(32)37-35(38)25-14-16-27-28-21-24(34-13-7-19-40-34)15-17-31(28)39(33(27)22-25)26-9-6-8-23(20-26)29-10-4-5-18-36-29/h2-22H,1H3. The summed E-state index contributed by atoms with van der Waals surface area (Å²) in [6, 6.07) is 40.9. The highest BCUT2D eigenvalue weighted by Gasteiger charge is 2.17. The minimum atomic E-state index is 0.960. The molecule has 0 spiro atoms. The van der Waals surface area contributed by atoms with Crippen LogP contribution < -0.4 is 0 Å². The molecule has 0 saturated heterocycles. The first-order chi connectivity index (χ1) is 19.7. The van der Waals surface area contributed by atoms with E-state index in [2.05, 4.69) is 124 Å². The molecule has 5 heteroatoms. The van der Waals surface area contributed by atoms with Crippen molar-refractivity contribution in [2.75, 3.05) is 0 Å². The number of benzene rings is 4. The number of imidazole rings is 1. The number of hydrogen-bond acceptors (Lipinski definition) is 3. The van der Waals surface area contributed by atoms with E-state index in [9.17, 15) is 0 Å². The lowest BCUT2D eigenvalue weighted by molar-refractivity contribution is 0.959. The number of pyridine rings is 1. The molecule has 0 amide bonds. The summed E-state index contributed by atoms with van der Waals surface area (Å²) in [5.41, 5.74) is 9.95. The lowest BCUT2D eigenvalue weighted by atomic mass is 10.1. The number of para-hydroxylation sites is 2. The van der Waals surface area contributed by atoms with Crippen LogP contribution in [0, 0.1) is 0 Å². The second-order valence-electron chi connectivity index (χ2n) is 10.0. The van der Waals surface area contributed by atoms with Crippen LogP contribution in [0.4, 0.5) is 0 Å². The van der Waals surface area contributed by atoms with Gasteiger partial charge in [0.25, 0.3) is 0 Å². The Morgan fingerprint density at radius 1 is 0.625 bits per heavy atom. The summed E-state index contributed by atoms with van der Waals surface area (Å²) in [6.45, 7) is 0. The maximum absolute atomic E-state index is 4.99. The number of rotatable bonds is 4. The summed E-state index contributed by atoms with van der Waals surface area (Å²) in [6.07, 6.45) is 1.84. The van der Waals surface area contributed by atoms with Gasteiger partial charge in [0.15, 0.2) is 0 Å². The molecule has 0 bridgehead atoms. The van der Waals surface area contributed by atoms with Crippen LogP contribution >= 0.6 is 11.3 Å². The third-order valence-corrected chi connectivity index (χ3v) is 8.60. The Bertz CT molecular complexity index is 2170. The highest BCUT2D eigenvalue weighted by atomic mass is 32.1. The van der Waals surface area contributed by atoms with Gasteiger partial charge >= 0.3 is 0 Å². The van der Waals surface area contributed by atoms with Crippen molar-refractivity contribution in [2.24, 2.45) is 7.05 Å². The number of fused-ring (bicyclic) bond motifs is 4. The van der Waals surface area contributed by atoms with Gasteiger partial charge < -0.3 is 9.13 Å². The molecule has 190 valence electrons. The van der Waals surface area contributed by atoms with E-state index in [1.165, 1.54) is 26.7 Å². The van der Waals surface area contributed by atoms with Gasteiger partial charge in [-0.3, -0.25) is 4.98 Å². The number of aryl methyl sites for hydroxylation is 1. The molecule has 4 aromatic heterocycles. The number of nitrogens with zero attached hydrogens (tertiary/aromatic N) is 4. The molecule has 4 heterocycles.